The van der Waals surface area contributed by atoms with E-state index in [9.17, 15) is 4.79 Å². The number of hydrogen-bond donors (Lipinski definition) is 0. The number of nitrogens with zero attached hydrogens (tertiary/aromatic N) is 5. The Balaban J connectivity index is 1.30. The van der Waals surface area contributed by atoms with Crippen molar-refractivity contribution in [3.05, 3.63) is 47.0 Å². The molecule has 0 spiro atoms. The Hall–Kier alpha value is -2.38. The number of ether oxygens (including phenoxy) is 1. The summed E-state index contributed by atoms with van der Waals surface area (Å²) < 4.78 is 5.08. The van der Waals surface area contributed by atoms with E-state index in [-0.39, 0.29) is 11.8 Å². The predicted octanol–water partition coefficient (Wildman–Crippen LogP) is 2.70. The van der Waals surface area contributed by atoms with Crippen LogP contribution in [-0.4, -0.2) is 72.3 Å². The number of carbonyl (C=O) groups is 1. The molecule has 1 aromatic heterocycles. The standard InChI is InChI=1S/C22H28ClN5O2/c1-30-21-9-8-20(24-25-21)28-10-4-6-18(16-28)22(29)27-13-11-26(12-14-27)15-17-5-2-3-7-19(17)23/h2-3,5,7-9,18H,4,6,10-16H2,1H3/t18-/m0/s1. The summed E-state index contributed by atoms with van der Waals surface area (Å²) in [5.41, 5.74) is 1.14. The summed E-state index contributed by atoms with van der Waals surface area (Å²) >= 11 is 6.29. The molecule has 3 heterocycles. The van der Waals surface area contributed by atoms with Crippen molar-refractivity contribution >= 4 is 23.3 Å². The number of anilines is 1. The Labute approximate surface area is 182 Å². The van der Waals surface area contributed by atoms with Crippen molar-refractivity contribution in [2.75, 3.05) is 51.3 Å². The summed E-state index contributed by atoms with van der Waals surface area (Å²) in [5, 5.41) is 9.11. The lowest BCUT2D eigenvalue weighted by Gasteiger charge is -2.39. The molecule has 2 aromatic rings. The fourth-order valence-electron chi connectivity index (χ4n) is 4.23. The molecule has 2 aliphatic heterocycles. The molecule has 1 aromatic carbocycles. The van der Waals surface area contributed by atoms with E-state index >= 15 is 0 Å². The van der Waals surface area contributed by atoms with Gasteiger partial charge in [0.15, 0.2) is 5.82 Å². The van der Waals surface area contributed by atoms with Crippen LogP contribution in [0.4, 0.5) is 5.82 Å². The highest BCUT2D eigenvalue weighted by Crippen LogP contribution is 2.24. The molecule has 160 valence electrons. The quantitative estimate of drug-likeness (QED) is 0.728. The third-order valence-corrected chi connectivity index (χ3v) is 6.33. The summed E-state index contributed by atoms with van der Waals surface area (Å²) in [5.74, 6) is 1.58. The Bertz CT molecular complexity index is 855. The molecule has 0 radical (unpaired) electrons. The SMILES string of the molecule is COc1ccc(N2CCC[C@H](C(=O)N3CCN(Cc4ccccc4Cl)CC3)C2)nn1. The minimum Gasteiger partial charge on any atom is -0.480 e. The van der Waals surface area contributed by atoms with E-state index in [1.165, 1.54) is 0 Å². The second-order valence-electron chi connectivity index (χ2n) is 7.91. The van der Waals surface area contributed by atoms with Gasteiger partial charge in [-0.25, -0.2) is 0 Å². The smallest absolute Gasteiger partial charge is 0.233 e. The third kappa shape index (κ3) is 4.84. The molecule has 2 saturated heterocycles. The van der Waals surface area contributed by atoms with Crippen LogP contribution in [-0.2, 0) is 11.3 Å². The van der Waals surface area contributed by atoms with Crippen molar-refractivity contribution in [1.82, 2.24) is 20.0 Å². The van der Waals surface area contributed by atoms with Crippen molar-refractivity contribution in [3.63, 3.8) is 0 Å². The Morgan fingerprint density at radius 3 is 2.60 bits per heavy atom. The first-order valence-electron chi connectivity index (χ1n) is 10.5. The van der Waals surface area contributed by atoms with Crippen molar-refractivity contribution in [1.29, 1.82) is 0 Å². The summed E-state index contributed by atoms with van der Waals surface area (Å²) in [6, 6.07) is 11.7. The highest BCUT2D eigenvalue weighted by molar-refractivity contribution is 6.31. The fourth-order valence-corrected chi connectivity index (χ4v) is 4.42. The second-order valence-corrected chi connectivity index (χ2v) is 8.32. The summed E-state index contributed by atoms with van der Waals surface area (Å²) in [4.78, 5) is 19.7. The van der Waals surface area contributed by atoms with Gasteiger partial charge in [-0.15, -0.1) is 10.2 Å². The predicted molar refractivity (Wildman–Crippen MR) is 117 cm³/mol. The van der Waals surface area contributed by atoms with Gasteiger partial charge in [-0.1, -0.05) is 29.8 Å². The maximum absolute atomic E-state index is 13.2. The molecule has 1 amide bonds. The molecular weight excluding hydrogens is 402 g/mol. The van der Waals surface area contributed by atoms with Crippen LogP contribution in [0.3, 0.4) is 0 Å². The van der Waals surface area contributed by atoms with Crippen molar-refractivity contribution in [2.24, 2.45) is 5.92 Å². The number of rotatable bonds is 5. The van der Waals surface area contributed by atoms with Crippen LogP contribution in [0.1, 0.15) is 18.4 Å². The van der Waals surface area contributed by atoms with Crippen LogP contribution < -0.4 is 9.64 Å². The zero-order valence-corrected chi connectivity index (χ0v) is 18.1. The number of piperazine rings is 1. The zero-order valence-electron chi connectivity index (χ0n) is 17.3. The number of carbonyl (C=O) groups excluding carboxylic acids is 1. The van der Waals surface area contributed by atoms with E-state index < -0.39 is 0 Å². The summed E-state index contributed by atoms with van der Waals surface area (Å²) in [6.45, 7) is 5.70. The van der Waals surface area contributed by atoms with Crippen LogP contribution in [0.15, 0.2) is 36.4 Å². The molecule has 7 nitrogen and oxygen atoms in total. The van der Waals surface area contributed by atoms with Gasteiger partial charge in [0.25, 0.3) is 0 Å². The van der Waals surface area contributed by atoms with Gasteiger partial charge in [-0.3, -0.25) is 9.69 Å². The van der Waals surface area contributed by atoms with E-state index in [0.29, 0.717) is 12.4 Å². The van der Waals surface area contributed by atoms with Gasteiger partial charge in [0, 0.05) is 56.9 Å². The summed E-state index contributed by atoms with van der Waals surface area (Å²) in [7, 11) is 1.58. The molecule has 0 saturated carbocycles. The second kappa shape index (κ2) is 9.62. The minimum absolute atomic E-state index is 0.0118. The number of aromatic nitrogens is 2. The molecule has 0 unspecified atom stereocenters. The third-order valence-electron chi connectivity index (χ3n) is 5.97. The van der Waals surface area contributed by atoms with Gasteiger partial charge in [-0.05, 0) is 30.5 Å². The van der Waals surface area contributed by atoms with E-state index in [1.54, 1.807) is 7.11 Å². The fraction of sp³-hybridized carbons (Fsp3) is 0.500. The van der Waals surface area contributed by atoms with E-state index in [1.807, 2.05) is 35.2 Å². The molecule has 30 heavy (non-hydrogen) atoms. The van der Waals surface area contributed by atoms with Gasteiger partial charge in [-0.2, -0.15) is 0 Å². The zero-order chi connectivity index (χ0) is 20.9. The monoisotopic (exact) mass is 429 g/mol. The number of methoxy groups -OCH3 is 1. The molecule has 8 heteroatoms. The molecule has 1 atom stereocenters. The molecule has 2 aliphatic rings. The van der Waals surface area contributed by atoms with Gasteiger partial charge >= 0.3 is 0 Å². The lowest BCUT2D eigenvalue weighted by atomic mass is 9.96. The van der Waals surface area contributed by atoms with Gasteiger partial charge < -0.3 is 14.5 Å². The lowest BCUT2D eigenvalue weighted by Crippen LogP contribution is -2.52. The van der Waals surface area contributed by atoms with Crippen molar-refractivity contribution < 1.29 is 9.53 Å². The average Bonchev–Trinajstić information content (AvgIpc) is 2.81. The van der Waals surface area contributed by atoms with Gasteiger partial charge in [0.2, 0.25) is 11.8 Å². The van der Waals surface area contributed by atoms with Gasteiger partial charge in [0.05, 0.1) is 13.0 Å². The first-order chi connectivity index (χ1) is 14.6. The molecular formula is C22H28ClN5O2. The van der Waals surface area contributed by atoms with Crippen LogP contribution in [0.25, 0.3) is 0 Å². The van der Waals surface area contributed by atoms with Crippen LogP contribution >= 0.6 is 11.6 Å². The van der Waals surface area contributed by atoms with Gasteiger partial charge in [0.1, 0.15) is 0 Å². The molecule has 0 N–H and O–H groups in total. The number of piperidine rings is 1. The molecule has 0 bridgehead atoms. The number of amides is 1. The normalized spacial score (nSPS) is 20.3. The van der Waals surface area contributed by atoms with E-state index in [4.69, 9.17) is 16.3 Å². The van der Waals surface area contributed by atoms with Crippen LogP contribution in [0.5, 0.6) is 5.88 Å². The molecule has 2 fully saturated rings. The van der Waals surface area contributed by atoms with Crippen molar-refractivity contribution in [2.45, 2.75) is 19.4 Å². The Morgan fingerprint density at radius 1 is 1.10 bits per heavy atom. The first-order valence-corrected chi connectivity index (χ1v) is 10.9. The highest BCUT2D eigenvalue weighted by Gasteiger charge is 2.31. The largest absolute Gasteiger partial charge is 0.480 e. The number of benzene rings is 1. The Kier molecular flexibility index (Phi) is 6.69. The highest BCUT2D eigenvalue weighted by atomic mass is 35.5. The number of hydrogen-bond acceptors (Lipinski definition) is 6. The van der Waals surface area contributed by atoms with E-state index in [0.717, 1.165) is 68.5 Å². The lowest BCUT2D eigenvalue weighted by molar-refractivity contribution is -0.137. The minimum atomic E-state index is 0.0118. The van der Waals surface area contributed by atoms with E-state index in [2.05, 4.69) is 26.1 Å². The van der Waals surface area contributed by atoms with Crippen LogP contribution in [0.2, 0.25) is 5.02 Å². The van der Waals surface area contributed by atoms with Crippen LogP contribution in [0, 0.1) is 5.92 Å². The first kappa shape index (κ1) is 20.9. The maximum Gasteiger partial charge on any atom is 0.233 e. The maximum atomic E-state index is 13.2. The molecule has 4 rings (SSSR count). The Morgan fingerprint density at radius 2 is 1.90 bits per heavy atom. The topological polar surface area (TPSA) is 61.8 Å². The van der Waals surface area contributed by atoms with Crippen molar-refractivity contribution in [3.8, 4) is 5.88 Å². The summed E-state index contributed by atoms with van der Waals surface area (Å²) in [6.07, 6.45) is 1.91. The number of halogens is 1. The molecule has 0 aliphatic carbocycles. The average molecular weight is 430 g/mol.